The number of benzene rings is 1. The van der Waals surface area contributed by atoms with Gasteiger partial charge in [0.2, 0.25) is 5.91 Å². The predicted octanol–water partition coefficient (Wildman–Crippen LogP) is 2.10. The van der Waals surface area contributed by atoms with Gasteiger partial charge in [-0.2, -0.15) is 0 Å². The summed E-state index contributed by atoms with van der Waals surface area (Å²) in [4.78, 5) is 10.8. The van der Waals surface area contributed by atoms with E-state index in [1.54, 1.807) is 0 Å². The minimum absolute atomic E-state index is 0.0522. The second kappa shape index (κ2) is 7.17. The lowest BCUT2D eigenvalue weighted by Gasteiger charge is -2.15. The summed E-state index contributed by atoms with van der Waals surface area (Å²) in [6.07, 6.45) is 0.787. The predicted molar refractivity (Wildman–Crippen MR) is 73.5 cm³/mol. The van der Waals surface area contributed by atoms with Gasteiger partial charge >= 0.3 is 0 Å². The molecule has 1 unspecified atom stereocenters. The van der Waals surface area contributed by atoms with Crippen molar-refractivity contribution < 1.29 is 9.90 Å². The Hall–Kier alpha value is -1.35. The molecule has 1 amide bonds. The van der Waals surface area contributed by atoms with E-state index in [9.17, 15) is 9.90 Å². The second-order valence-corrected chi connectivity index (χ2v) is 5.09. The molecule has 2 N–H and O–H groups in total. The van der Waals surface area contributed by atoms with Gasteiger partial charge in [0.25, 0.3) is 0 Å². The van der Waals surface area contributed by atoms with Crippen molar-refractivity contribution in [3.8, 4) is 0 Å². The monoisotopic (exact) mass is 249 g/mol. The van der Waals surface area contributed by atoms with E-state index in [1.165, 1.54) is 18.1 Å². The van der Waals surface area contributed by atoms with Gasteiger partial charge in [-0.25, -0.2) is 0 Å². The highest BCUT2D eigenvalue weighted by Gasteiger charge is 2.09. The van der Waals surface area contributed by atoms with E-state index < -0.39 is 0 Å². The van der Waals surface area contributed by atoms with Gasteiger partial charge in [-0.3, -0.25) is 4.79 Å². The molecular formula is C15H23NO2. The first-order valence-corrected chi connectivity index (χ1v) is 6.47. The summed E-state index contributed by atoms with van der Waals surface area (Å²) in [6, 6.07) is 8.47. The van der Waals surface area contributed by atoms with E-state index in [4.69, 9.17) is 0 Å². The van der Waals surface area contributed by atoms with Gasteiger partial charge in [0.05, 0.1) is 0 Å². The standard InChI is InChI=1S/C15H23NO2/c1-11(2)15-6-4-13(5-7-15)8-14(10-17)9-16-12(3)18/h4-7,11,14,17H,8-10H2,1-3H3,(H,16,18). The highest BCUT2D eigenvalue weighted by molar-refractivity contribution is 5.72. The lowest BCUT2D eigenvalue weighted by molar-refractivity contribution is -0.119. The van der Waals surface area contributed by atoms with Crippen molar-refractivity contribution in [2.24, 2.45) is 5.92 Å². The Bertz CT molecular complexity index is 371. The first kappa shape index (κ1) is 14.7. The molecule has 0 aliphatic rings. The summed E-state index contributed by atoms with van der Waals surface area (Å²) >= 11 is 0. The normalized spacial score (nSPS) is 12.5. The number of amides is 1. The van der Waals surface area contributed by atoms with E-state index in [0.29, 0.717) is 12.5 Å². The van der Waals surface area contributed by atoms with Crippen LogP contribution in [0.15, 0.2) is 24.3 Å². The topological polar surface area (TPSA) is 49.3 Å². The van der Waals surface area contributed by atoms with E-state index in [1.807, 2.05) is 0 Å². The minimum atomic E-state index is -0.0522. The highest BCUT2D eigenvalue weighted by Crippen LogP contribution is 2.16. The molecule has 0 aliphatic heterocycles. The van der Waals surface area contributed by atoms with Crippen molar-refractivity contribution in [2.75, 3.05) is 13.2 Å². The van der Waals surface area contributed by atoms with Gasteiger partial charge in [-0.1, -0.05) is 38.1 Å². The first-order chi connectivity index (χ1) is 8.52. The highest BCUT2D eigenvalue weighted by atomic mass is 16.3. The van der Waals surface area contributed by atoms with Crippen molar-refractivity contribution in [1.82, 2.24) is 5.32 Å². The van der Waals surface area contributed by atoms with Crippen molar-refractivity contribution >= 4 is 5.91 Å². The Balaban J connectivity index is 2.56. The zero-order valence-electron chi connectivity index (χ0n) is 11.4. The number of carbonyl (C=O) groups is 1. The quantitative estimate of drug-likeness (QED) is 0.811. The van der Waals surface area contributed by atoms with Crippen molar-refractivity contribution in [2.45, 2.75) is 33.1 Å². The summed E-state index contributed by atoms with van der Waals surface area (Å²) in [6.45, 7) is 6.44. The smallest absolute Gasteiger partial charge is 0.216 e. The molecule has 3 nitrogen and oxygen atoms in total. The Kier molecular flexibility index (Phi) is 5.86. The fourth-order valence-corrected chi connectivity index (χ4v) is 1.86. The van der Waals surface area contributed by atoms with Crippen LogP contribution in [0, 0.1) is 5.92 Å². The van der Waals surface area contributed by atoms with E-state index in [-0.39, 0.29) is 18.4 Å². The van der Waals surface area contributed by atoms with E-state index in [0.717, 1.165) is 6.42 Å². The number of aliphatic hydroxyl groups excluding tert-OH is 1. The number of hydrogen-bond donors (Lipinski definition) is 2. The summed E-state index contributed by atoms with van der Waals surface area (Å²) in [5.74, 6) is 0.564. The van der Waals surface area contributed by atoms with Gasteiger partial charge in [0, 0.05) is 26.0 Å². The maximum Gasteiger partial charge on any atom is 0.216 e. The van der Waals surface area contributed by atoms with Crippen LogP contribution < -0.4 is 5.32 Å². The third-order valence-electron chi connectivity index (χ3n) is 3.07. The van der Waals surface area contributed by atoms with Crippen LogP contribution in [0.5, 0.6) is 0 Å². The SMILES string of the molecule is CC(=O)NCC(CO)Cc1ccc(C(C)C)cc1. The summed E-state index contributed by atoms with van der Waals surface area (Å²) in [5, 5.41) is 12.0. The molecule has 1 aromatic rings. The van der Waals surface area contributed by atoms with Crippen LogP contribution in [0.1, 0.15) is 37.8 Å². The molecule has 0 saturated carbocycles. The Morgan fingerprint density at radius 3 is 2.33 bits per heavy atom. The largest absolute Gasteiger partial charge is 0.396 e. The number of carbonyl (C=O) groups excluding carboxylic acids is 1. The third-order valence-corrected chi connectivity index (χ3v) is 3.07. The molecule has 0 spiro atoms. The van der Waals surface area contributed by atoms with E-state index >= 15 is 0 Å². The van der Waals surface area contributed by atoms with Crippen molar-refractivity contribution in [3.05, 3.63) is 35.4 Å². The molecule has 1 aromatic carbocycles. The molecule has 0 radical (unpaired) electrons. The average Bonchev–Trinajstić information content (AvgIpc) is 2.34. The number of rotatable bonds is 6. The number of hydrogen-bond acceptors (Lipinski definition) is 2. The van der Waals surface area contributed by atoms with E-state index in [2.05, 4.69) is 43.4 Å². The molecule has 0 aliphatic carbocycles. The van der Waals surface area contributed by atoms with Crippen LogP contribution in [0.3, 0.4) is 0 Å². The van der Waals surface area contributed by atoms with Crippen molar-refractivity contribution in [1.29, 1.82) is 0 Å². The number of aliphatic hydroxyl groups is 1. The molecule has 0 saturated heterocycles. The van der Waals surface area contributed by atoms with Crippen LogP contribution in [-0.4, -0.2) is 24.2 Å². The summed E-state index contributed by atoms with van der Waals surface area (Å²) < 4.78 is 0. The zero-order valence-corrected chi connectivity index (χ0v) is 11.4. The number of nitrogens with one attached hydrogen (secondary N) is 1. The first-order valence-electron chi connectivity index (χ1n) is 6.47. The van der Waals surface area contributed by atoms with Crippen LogP contribution in [0.25, 0.3) is 0 Å². The molecular weight excluding hydrogens is 226 g/mol. The molecule has 1 rings (SSSR count). The Labute approximate surface area is 109 Å². The summed E-state index contributed by atoms with van der Waals surface area (Å²) in [7, 11) is 0. The maximum absolute atomic E-state index is 10.8. The minimum Gasteiger partial charge on any atom is -0.396 e. The van der Waals surface area contributed by atoms with Gasteiger partial charge < -0.3 is 10.4 Å². The molecule has 3 heteroatoms. The van der Waals surface area contributed by atoms with Gasteiger partial charge in [-0.15, -0.1) is 0 Å². The molecule has 0 bridgehead atoms. The van der Waals surface area contributed by atoms with Crippen molar-refractivity contribution in [3.63, 3.8) is 0 Å². The van der Waals surface area contributed by atoms with Crippen LogP contribution in [-0.2, 0) is 11.2 Å². The van der Waals surface area contributed by atoms with Crippen LogP contribution >= 0.6 is 0 Å². The van der Waals surface area contributed by atoms with Gasteiger partial charge in [-0.05, 0) is 23.5 Å². The summed E-state index contributed by atoms with van der Waals surface area (Å²) in [5.41, 5.74) is 2.52. The van der Waals surface area contributed by atoms with Crippen LogP contribution in [0.2, 0.25) is 0 Å². The molecule has 100 valence electrons. The fourth-order valence-electron chi connectivity index (χ4n) is 1.86. The third kappa shape index (κ3) is 4.88. The molecule has 1 atom stereocenters. The molecule has 18 heavy (non-hydrogen) atoms. The Morgan fingerprint density at radius 2 is 1.89 bits per heavy atom. The molecule has 0 aromatic heterocycles. The molecule has 0 fully saturated rings. The lowest BCUT2D eigenvalue weighted by atomic mass is 9.96. The van der Waals surface area contributed by atoms with Gasteiger partial charge in [0.15, 0.2) is 0 Å². The second-order valence-electron chi connectivity index (χ2n) is 5.09. The fraction of sp³-hybridized carbons (Fsp3) is 0.533. The van der Waals surface area contributed by atoms with Gasteiger partial charge in [0.1, 0.15) is 0 Å². The zero-order chi connectivity index (χ0) is 13.5. The Morgan fingerprint density at radius 1 is 1.28 bits per heavy atom. The maximum atomic E-state index is 10.8. The van der Waals surface area contributed by atoms with Crippen LogP contribution in [0.4, 0.5) is 0 Å². The molecule has 0 heterocycles. The average molecular weight is 249 g/mol. The lowest BCUT2D eigenvalue weighted by Crippen LogP contribution is -2.30.